The van der Waals surface area contributed by atoms with Crippen LogP contribution < -0.4 is 10.1 Å². The summed E-state index contributed by atoms with van der Waals surface area (Å²) in [6.45, 7) is 5.63. The third-order valence-corrected chi connectivity index (χ3v) is 5.73. The zero-order valence-electron chi connectivity index (χ0n) is 14.5. The van der Waals surface area contributed by atoms with Crippen molar-refractivity contribution in [1.82, 2.24) is 4.98 Å². The fraction of sp³-hybridized carbons (Fsp3) is 0.353. The van der Waals surface area contributed by atoms with Gasteiger partial charge in [0.1, 0.15) is 5.75 Å². The van der Waals surface area contributed by atoms with Crippen molar-refractivity contribution in [2.45, 2.75) is 27.2 Å². The van der Waals surface area contributed by atoms with Crippen molar-refractivity contribution >= 4 is 55.9 Å². The molecule has 1 amide bonds. The molecule has 2 aromatic rings. The highest BCUT2D eigenvalue weighted by Gasteiger charge is 2.14. The Morgan fingerprint density at radius 2 is 2.12 bits per heavy atom. The molecular weight excluding hydrogens is 444 g/mol. The molecule has 1 heterocycles. The molecule has 1 N–H and O–H groups in total. The van der Waals surface area contributed by atoms with Crippen LogP contribution in [0.5, 0.6) is 5.75 Å². The molecule has 26 heavy (non-hydrogen) atoms. The molecule has 0 radical (unpaired) electrons. The molecule has 2 rings (SSSR count). The number of halogens is 2. The molecule has 0 fully saturated rings. The van der Waals surface area contributed by atoms with Gasteiger partial charge in [-0.15, -0.1) is 11.3 Å². The highest BCUT2D eigenvalue weighted by molar-refractivity contribution is 9.10. The van der Waals surface area contributed by atoms with Gasteiger partial charge in [-0.1, -0.05) is 11.6 Å². The van der Waals surface area contributed by atoms with Gasteiger partial charge in [-0.3, -0.25) is 14.9 Å². The van der Waals surface area contributed by atoms with Crippen LogP contribution in [0, 0.1) is 13.8 Å². The van der Waals surface area contributed by atoms with Crippen LogP contribution in [-0.4, -0.2) is 30.1 Å². The van der Waals surface area contributed by atoms with Crippen molar-refractivity contribution in [3.05, 3.63) is 37.8 Å². The predicted molar refractivity (Wildman–Crippen MR) is 105 cm³/mol. The van der Waals surface area contributed by atoms with Crippen molar-refractivity contribution in [3.8, 4) is 5.75 Å². The molecule has 6 nitrogen and oxygen atoms in total. The van der Waals surface area contributed by atoms with E-state index >= 15 is 0 Å². The molecule has 0 aliphatic heterocycles. The summed E-state index contributed by atoms with van der Waals surface area (Å²) in [5.41, 5.74) is 2.27. The first kappa shape index (κ1) is 20.7. The zero-order chi connectivity index (χ0) is 19.3. The Kier molecular flexibility index (Phi) is 7.43. The molecule has 0 unspecified atom stereocenters. The quantitative estimate of drug-likeness (QED) is 0.622. The van der Waals surface area contributed by atoms with E-state index in [0.717, 1.165) is 11.1 Å². The fourth-order valence-electron chi connectivity index (χ4n) is 2.11. The van der Waals surface area contributed by atoms with E-state index in [4.69, 9.17) is 21.1 Å². The lowest BCUT2D eigenvalue weighted by molar-refractivity contribution is -0.142. The van der Waals surface area contributed by atoms with Gasteiger partial charge in [0.05, 0.1) is 23.2 Å². The monoisotopic (exact) mass is 460 g/mol. The van der Waals surface area contributed by atoms with Crippen molar-refractivity contribution in [1.29, 1.82) is 0 Å². The van der Waals surface area contributed by atoms with E-state index in [1.165, 1.54) is 11.3 Å². The highest BCUT2D eigenvalue weighted by Crippen LogP contribution is 2.35. The Morgan fingerprint density at radius 1 is 1.38 bits per heavy atom. The second-order valence-corrected chi connectivity index (χ2v) is 7.44. The minimum absolute atomic E-state index is 0.0764. The lowest BCUT2D eigenvalue weighted by Gasteiger charge is -2.12. The number of aromatic nitrogens is 1. The van der Waals surface area contributed by atoms with Gasteiger partial charge in [0, 0.05) is 10.4 Å². The maximum Gasteiger partial charge on any atom is 0.311 e. The smallest absolute Gasteiger partial charge is 0.311 e. The van der Waals surface area contributed by atoms with E-state index in [1.807, 2.05) is 13.8 Å². The van der Waals surface area contributed by atoms with Crippen molar-refractivity contribution in [3.63, 3.8) is 0 Å². The molecule has 1 aromatic heterocycles. The van der Waals surface area contributed by atoms with Gasteiger partial charge in [0.2, 0.25) is 0 Å². The van der Waals surface area contributed by atoms with Crippen LogP contribution in [0.25, 0.3) is 0 Å². The van der Waals surface area contributed by atoms with Crippen molar-refractivity contribution in [2.24, 2.45) is 0 Å². The summed E-state index contributed by atoms with van der Waals surface area (Å²) in [5, 5.41) is 5.41. The van der Waals surface area contributed by atoms with Crippen LogP contribution >= 0.6 is 38.9 Å². The second kappa shape index (κ2) is 9.34. The highest BCUT2D eigenvalue weighted by atomic mass is 79.9. The number of thiazole rings is 1. The van der Waals surface area contributed by atoms with E-state index in [-0.39, 0.29) is 24.9 Å². The van der Waals surface area contributed by atoms with Gasteiger partial charge >= 0.3 is 5.97 Å². The van der Waals surface area contributed by atoms with Gasteiger partial charge in [0.25, 0.3) is 5.91 Å². The van der Waals surface area contributed by atoms with Crippen LogP contribution in [0.3, 0.4) is 0 Å². The summed E-state index contributed by atoms with van der Waals surface area (Å²) in [6, 6.07) is 1.77. The number of carbonyl (C=O) groups excluding carboxylic acids is 2. The first-order valence-electron chi connectivity index (χ1n) is 7.79. The number of nitrogens with zero attached hydrogens (tertiary/aromatic N) is 1. The van der Waals surface area contributed by atoms with E-state index < -0.39 is 0 Å². The molecule has 0 atom stereocenters. The standard InChI is InChI=1S/C17H18BrClN2O4S/c1-4-24-14(23)6-11-8-26-17(20-11)21-13(22)7-25-12-5-9(2)16(19)10(3)15(12)18/h5,8H,4,6-7H2,1-3H3,(H,20,21,22). The molecule has 1 aromatic carbocycles. The predicted octanol–water partition coefficient (Wildman–Crippen LogP) is 4.30. The Balaban J connectivity index is 1.92. The Morgan fingerprint density at radius 3 is 2.81 bits per heavy atom. The lowest BCUT2D eigenvalue weighted by Crippen LogP contribution is -2.20. The third-order valence-electron chi connectivity index (χ3n) is 3.36. The second-order valence-electron chi connectivity index (χ2n) is 5.41. The lowest BCUT2D eigenvalue weighted by atomic mass is 10.1. The average molecular weight is 462 g/mol. The summed E-state index contributed by atoms with van der Waals surface area (Å²) in [7, 11) is 0. The number of esters is 1. The molecule has 0 aliphatic rings. The summed E-state index contributed by atoms with van der Waals surface area (Å²) in [5.74, 6) is -0.154. The molecule has 0 saturated carbocycles. The number of rotatable bonds is 7. The SMILES string of the molecule is CCOC(=O)Cc1csc(NC(=O)COc2cc(C)c(Cl)c(C)c2Br)n1. The summed E-state index contributed by atoms with van der Waals surface area (Å²) in [6.07, 6.45) is 0.0764. The number of carbonyl (C=O) groups is 2. The van der Waals surface area contributed by atoms with Gasteiger partial charge < -0.3 is 9.47 Å². The molecule has 9 heteroatoms. The van der Waals surface area contributed by atoms with Crippen LogP contribution in [0.15, 0.2) is 15.9 Å². The number of nitrogens with one attached hydrogen (secondary N) is 1. The van der Waals surface area contributed by atoms with E-state index in [9.17, 15) is 9.59 Å². The Hall–Kier alpha value is -1.64. The molecule has 0 bridgehead atoms. The number of amides is 1. The molecular formula is C17H18BrClN2O4S. The number of benzene rings is 1. The average Bonchev–Trinajstić information content (AvgIpc) is 3.02. The zero-order valence-corrected chi connectivity index (χ0v) is 17.7. The molecule has 0 saturated heterocycles. The fourth-order valence-corrected chi connectivity index (χ4v) is 3.53. The minimum Gasteiger partial charge on any atom is -0.483 e. The van der Waals surface area contributed by atoms with Gasteiger partial charge in [-0.2, -0.15) is 0 Å². The van der Waals surface area contributed by atoms with Crippen molar-refractivity contribution in [2.75, 3.05) is 18.5 Å². The van der Waals surface area contributed by atoms with Crippen LogP contribution in [0.2, 0.25) is 5.02 Å². The Labute approximate surface area is 169 Å². The number of hydrogen-bond acceptors (Lipinski definition) is 6. The summed E-state index contributed by atoms with van der Waals surface area (Å²) >= 11 is 10.8. The maximum absolute atomic E-state index is 12.1. The number of ether oxygens (including phenoxy) is 2. The largest absolute Gasteiger partial charge is 0.483 e. The molecule has 0 spiro atoms. The van der Waals surface area contributed by atoms with Crippen LogP contribution in [0.1, 0.15) is 23.7 Å². The van der Waals surface area contributed by atoms with E-state index in [0.29, 0.717) is 32.7 Å². The minimum atomic E-state index is -0.350. The number of aryl methyl sites for hydroxylation is 1. The van der Waals surface area contributed by atoms with E-state index in [1.54, 1.807) is 18.4 Å². The maximum atomic E-state index is 12.1. The van der Waals surface area contributed by atoms with Crippen molar-refractivity contribution < 1.29 is 19.1 Å². The Bertz CT molecular complexity index is 825. The van der Waals surface area contributed by atoms with Crippen LogP contribution in [0.4, 0.5) is 5.13 Å². The topological polar surface area (TPSA) is 77.5 Å². The molecule has 0 aliphatic carbocycles. The number of hydrogen-bond donors (Lipinski definition) is 1. The van der Waals surface area contributed by atoms with Crippen LogP contribution in [-0.2, 0) is 20.7 Å². The van der Waals surface area contributed by atoms with Gasteiger partial charge in [0.15, 0.2) is 11.7 Å². The van der Waals surface area contributed by atoms with E-state index in [2.05, 4.69) is 26.2 Å². The number of anilines is 1. The third kappa shape index (κ3) is 5.43. The molecule has 140 valence electrons. The first-order valence-corrected chi connectivity index (χ1v) is 9.84. The summed E-state index contributed by atoms with van der Waals surface area (Å²) in [4.78, 5) is 27.7. The summed E-state index contributed by atoms with van der Waals surface area (Å²) < 4.78 is 11.2. The first-order chi connectivity index (χ1) is 12.3. The normalized spacial score (nSPS) is 10.5. The van der Waals surface area contributed by atoms with Gasteiger partial charge in [-0.25, -0.2) is 4.98 Å². The van der Waals surface area contributed by atoms with Gasteiger partial charge in [-0.05, 0) is 53.9 Å².